The molecule has 0 spiro atoms. The summed E-state index contributed by atoms with van der Waals surface area (Å²) in [5.41, 5.74) is 1.85. The van der Waals surface area contributed by atoms with Crippen molar-refractivity contribution in [3.8, 4) is 11.5 Å². The van der Waals surface area contributed by atoms with Crippen molar-refractivity contribution in [3.05, 3.63) is 47.5 Å². The maximum absolute atomic E-state index is 11.9. The molecule has 122 valence electrons. The summed E-state index contributed by atoms with van der Waals surface area (Å²) < 4.78 is 16.1. The quantitative estimate of drug-likeness (QED) is 0.444. The normalized spacial score (nSPS) is 11.0. The largest absolute Gasteiger partial charge is 0.493 e. The van der Waals surface area contributed by atoms with Gasteiger partial charge in [0.25, 0.3) is 0 Å². The summed E-state index contributed by atoms with van der Waals surface area (Å²) in [4.78, 5) is 11.9. The van der Waals surface area contributed by atoms with E-state index in [2.05, 4.69) is 0 Å². The van der Waals surface area contributed by atoms with E-state index in [1.807, 2.05) is 43.3 Å². The SMILES string of the molecule is COCOc1c(OC)cccc1Pc1c(C)cccc1C(C)=O. The van der Waals surface area contributed by atoms with Crippen LogP contribution in [0.4, 0.5) is 0 Å². The molecule has 4 nitrogen and oxygen atoms in total. The number of ketones is 1. The van der Waals surface area contributed by atoms with Gasteiger partial charge in [-0.1, -0.05) is 38.9 Å². The third-order valence-electron chi connectivity index (χ3n) is 3.43. The first-order valence-corrected chi connectivity index (χ1v) is 8.24. The number of rotatable bonds is 7. The molecule has 0 bridgehead atoms. The number of aryl methyl sites for hydroxylation is 1. The van der Waals surface area contributed by atoms with E-state index in [1.165, 1.54) is 0 Å². The van der Waals surface area contributed by atoms with Crippen LogP contribution in [0.5, 0.6) is 11.5 Å². The van der Waals surface area contributed by atoms with Gasteiger partial charge in [-0.3, -0.25) is 4.79 Å². The fourth-order valence-corrected chi connectivity index (χ4v) is 3.74. The molecule has 0 aliphatic heterocycles. The molecule has 5 heteroatoms. The number of hydrogen-bond donors (Lipinski definition) is 0. The summed E-state index contributed by atoms with van der Waals surface area (Å²) >= 11 is 0. The second-order valence-electron chi connectivity index (χ2n) is 5.07. The predicted molar refractivity (Wildman–Crippen MR) is 94.3 cm³/mol. The van der Waals surface area contributed by atoms with Gasteiger partial charge in [0.1, 0.15) is 0 Å². The second-order valence-corrected chi connectivity index (χ2v) is 6.36. The highest BCUT2D eigenvalue weighted by atomic mass is 31.1. The van der Waals surface area contributed by atoms with Crippen molar-refractivity contribution in [2.24, 2.45) is 0 Å². The van der Waals surface area contributed by atoms with E-state index in [1.54, 1.807) is 21.1 Å². The molecule has 2 aromatic carbocycles. The number of Topliss-reactive ketones (excluding diaryl/α,β-unsaturated/α-hetero) is 1. The van der Waals surface area contributed by atoms with Gasteiger partial charge < -0.3 is 14.2 Å². The molecule has 2 rings (SSSR count). The van der Waals surface area contributed by atoms with Gasteiger partial charge in [0, 0.05) is 18.0 Å². The molecule has 0 radical (unpaired) electrons. The van der Waals surface area contributed by atoms with Crippen LogP contribution >= 0.6 is 8.58 Å². The lowest BCUT2D eigenvalue weighted by molar-refractivity contribution is 0.0500. The summed E-state index contributed by atoms with van der Waals surface area (Å²) in [7, 11) is 3.48. The Morgan fingerprint density at radius 2 is 1.87 bits per heavy atom. The highest BCUT2D eigenvalue weighted by Crippen LogP contribution is 2.30. The molecule has 0 aliphatic rings. The number of benzene rings is 2. The first kappa shape index (κ1) is 17.5. The minimum atomic E-state index is 0.0680. The van der Waals surface area contributed by atoms with Crippen LogP contribution in [0.2, 0.25) is 0 Å². The highest BCUT2D eigenvalue weighted by Gasteiger charge is 2.15. The maximum Gasteiger partial charge on any atom is 0.188 e. The van der Waals surface area contributed by atoms with E-state index in [0.717, 1.165) is 21.7 Å². The standard InChI is InChI=1S/C18H21O4P/c1-12-7-5-8-14(13(2)19)18(12)23-16-10-6-9-15(21-4)17(16)22-11-20-3/h5-10,23H,11H2,1-4H3. The van der Waals surface area contributed by atoms with Crippen LogP contribution in [0.15, 0.2) is 36.4 Å². The lowest BCUT2D eigenvalue weighted by Gasteiger charge is -2.16. The van der Waals surface area contributed by atoms with Crippen LogP contribution in [-0.4, -0.2) is 26.8 Å². The van der Waals surface area contributed by atoms with Crippen molar-refractivity contribution in [3.63, 3.8) is 0 Å². The van der Waals surface area contributed by atoms with E-state index in [-0.39, 0.29) is 12.6 Å². The monoisotopic (exact) mass is 332 g/mol. The molecule has 1 unspecified atom stereocenters. The van der Waals surface area contributed by atoms with Gasteiger partial charge in [0.05, 0.1) is 7.11 Å². The topological polar surface area (TPSA) is 44.8 Å². The minimum absolute atomic E-state index is 0.0680. The molecule has 0 N–H and O–H groups in total. The van der Waals surface area contributed by atoms with Crippen LogP contribution < -0.4 is 20.1 Å². The van der Waals surface area contributed by atoms with Crippen molar-refractivity contribution in [2.45, 2.75) is 13.8 Å². The molecular weight excluding hydrogens is 311 g/mol. The minimum Gasteiger partial charge on any atom is -0.493 e. The Bertz CT molecular complexity index is 697. The molecule has 0 heterocycles. The van der Waals surface area contributed by atoms with Gasteiger partial charge in [-0.2, -0.15) is 0 Å². The van der Waals surface area contributed by atoms with Crippen molar-refractivity contribution < 1.29 is 19.0 Å². The first-order valence-electron chi connectivity index (χ1n) is 7.24. The van der Waals surface area contributed by atoms with Crippen molar-refractivity contribution in [2.75, 3.05) is 21.0 Å². The molecule has 0 aromatic heterocycles. The zero-order valence-electron chi connectivity index (χ0n) is 13.8. The Morgan fingerprint density at radius 1 is 1.13 bits per heavy atom. The van der Waals surface area contributed by atoms with Crippen molar-refractivity contribution >= 4 is 25.0 Å². The predicted octanol–water partition coefficient (Wildman–Crippen LogP) is 2.82. The number of ether oxygens (including phenoxy) is 3. The molecule has 0 saturated heterocycles. The molecule has 0 saturated carbocycles. The number of hydrogen-bond acceptors (Lipinski definition) is 4. The Kier molecular flexibility index (Phi) is 6.14. The summed E-state index contributed by atoms with van der Waals surface area (Å²) in [6, 6.07) is 11.6. The lowest BCUT2D eigenvalue weighted by Crippen LogP contribution is -2.17. The summed E-state index contributed by atoms with van der Waals surface area (Å²) in [6.07, 6.45) is 0. The van der Waals surface area contributed by atoms with Gasteiger partial charge in [-0.25, -0.2) is 0 Å². The van der Waals surface area contributed by atoms with Crippen LogP contribution in [0.3, 0.4) is 0 Å². The van der Waals surface area contributed by atoms with Crippen molar-refractivity contribution in [1.29, 1.82) is 0 Å². The molecule has 0 amide bonds. The zero-order valence-corrected chi connectivity index (χ0v) is 14.8. The Morgan fingerprint density at radius 3 is 2.52 bits per heavy atom. The molecule has 1 atom stereocenters. The van der Waals surface area contributed by atoms with E-state index in [4.69, 9.17) is 14.2 Å². The van der Waals surface area contributed by atoms with Gasteiger partial charge in [-0.15, -0.1) is 0 Å². The van der Waals surface area contributed by atoms with E-state index in [0.29, 0.717) is 20.1 Å². The van der Waals surface area contributed by atoms with Gasteiger partial charge >= 0.3 is 0 Å². The Hall–Kier alpha value is -1.90. The third kappa shape index (κ3) is 4.10. The molecule has 2 aromatic rings. The molecule has 23 heavy (non-hydrogen) atoms. The van der Waals surface area contributed by atoms with Gasteiger partial charge in [0.15, 0.2) is 24.1 Å². The van der Waals surface area contributed by atoms with Gasteiger partial charge in [-0.05, 0) is 30.8 Å². The van der Waals surface area contributed by atoms with E-state index < -0.39 is 0 Å². The summed E-state index contributed by atoms with van der Waals surface area (Å²) in [5.74, 6) is 1.39. The molecule has 0 aliphatic carbocycles. The average molecular weight is 332 g/mol. The summed E-state index contributed by atoms with van der Waals surface area (Å²) in [6.45, 7) is 3.76. The van der Waals surface area contributed by atoms with Crippen LogP contribution in [0.1, 0.15) is 22.8 Å². The number of para-hydroxylation sites is 1. The van der Waals surface area contributed by atoms with Crippen molar-refractivity contribution in [1.82, 2.24) is 0 Å². The number of methoxy groups -OCH3 is 2. The van der Waals surface area contributed by atoms with Gasteiger partial charge in [0.2, 0.25) is 0 Å². The van der Waals surface area contributed by atoms with Crippen LogP contribution in [0, 0.1) is 6.92 Å². The number of carbonyl (C=O) groups excluding carboxylic acids is 1. The fraction of sp³-hybridized carbons (Fsp3) is 0.278. The smallest absolute Gasteiger partial charge is 0.188 e. The lowest BCUT2D eigenvalue weighted by atomic mass is 10.1. The molecule has 0 fully saturated rings. The first-order chi connectivity index (χ1) is 11.1. The van der Waals surface area contributed by atoms with Crippen LogP contribution in [0.25, 0.3) is 0 Å². The zero-order chi connectivity index (χ0) is 16.8. The summed E-state index contributed by atoms with van der Waals surface area (Å²) in [5, 5.41) is 2.02. The Balaban J connectivity index is 2.46. The van der Waals surface area contributed by atoms with E-state index >= 15 is 0 Å². The fourth-order valence-electron chi connectivity index (χ4n) is 2.30. The second kappa shape index (κ2) is 8.09. The third-order valence-corrected chi connectivity index (χ3v) is 5.01. The van der Waals surface area contributed by atoms with Crippen LogP contribution in [-0.2, 0) is 4.74 Å². The average Bonchev–Trinajstić information content (AvgIpc) is 2.54. The van der Waals surface area contributed by atoms with E-state index in [9.17, 15) is 4.79 Å². The highest BCUT2D eigenvalue weighted by molar-refractivity contribution is 7.56. The Labute approximate surface area is 138 Å². The number of carbonyl (C=O) groups is 1. The maximum atomic E-state index is 11.9. The molecular formula is C18H21O4P.